The number of esters is 1. The number of aryl methyl sites for hydroxylation is 1. The molecule has 1 aromatic heterocycles. The third-order valence-corrected chi connectivity index (χ3v) is 4.77. The van der Waals surface area contributed by atoms with E-state index in [1.807, 2.05) is 24.5 Å². The van der Waals surface area contributed by atoms with E-state index in [0.29, 0.717) is 18.7 Å². The minimum atomic E-state index is -0.991. The lowest BCUT2D eigenvalue weighted by molar-refractivity contribution is -0.383. The molecule has 2 aromatic rings. The number of carbonyl (C=O) groups is 2. The number of hydrogen-bond donors (Lipinski definition) is 1. The lowest BCUT2D eigenvalue weighted by atomic mass is 10.1. The summed E-state index contributed by atoms with van der Waals surface area (Å²) in [6.45, 7) is 4.13. The van der Waals surface area contributed by atoms with Crippen LogP contribution >= 0.6 is 11.6 Å². The molecule has 1 heterocycles. The van der Waals surface area contributed by atoms with Crippen LogP contribution in [0.15, 0.2) is 29.8 Å². The highest BCUT2D eigenvalue weighted by molar-refractivity contribution is 6.31. The molecule has 10 nitrogen and oxygen atoms in total. The van der Waals surface area contributed by atoms with Gasteiger partial charge in [-0.2, -0.15) is 5.26 Å². The van der Waals surface area contributed by atoms with Crippen molar-refractivity contribution in [3.05, 3.63) is 61.9 Å². The maximum atomic E-state index is 12.3. The molecule has 1 amide bonds. The van der Waals surface area contributed by atoms with Gasteiger partial charge in [0.05, 0.1) is 11.5 Å². The summed E-state index contributed by atoms with van der Waals surface area (Å²) in [5.41, 5.74) is 1.64. The number of nitrogens with zero attached hydrogens (tertiary/aromatic N) is 3. The summed E-state index contributed by atoms with van der Waals surface area (Å²) in [5.74, 6) is -1.80. The molecule has 0 saturated carbocycles. The number of ether oxygens (including phenoxy) is 2. The van der Waals surface area contributed by atoms with Crippen molar-refractivity contribution >= 4 is 40.9 Å². The monoisotopic (exact) mass is 460 g/mol. The molecular weight excluding hydrogens is 440 g/mol. The van der Waals surface area contributed by atoms with Crippen molar-refractivity contribution in [1.29, 1.82) is 5.26 Å². The van der Waals surface area contributed by atoms with Gasteiger partial charge < -0.3 is 19.4 Å². The Morgan fingerprint density at radius 1 is 1.34 bits per heavy atom. The van der Waals surface area contributed by atoms with Crippen LogP contribution < -0.4 is 5.32 Å². The minimum absolute atomic E-state index is 0.0972. The number of rotatable bonds is 9. The number of nitriles is 1. The Bertz CT molecular complexity index is 1120. The lowest BCUT2D eigenvalue weighted by Gasteiger charge is -2.08. The highest BCUT2D eigenvalue weighted by Crippen LogP contribution is 2.27. The van der Waals surface area contributed by atoms with Gasteiger partial charge in [-0.3, -0.25) is 14.9 Å². The Labute approximate surface area is 189 Å². The number of anilines is 1. The van der Waals surface area contributed by atoms with Gasteiger partial charge in [-0.25, -0.2) is 4.79 Å². The van der Waals surface area contributed by atoms with E-state index in [4.69, 9.17) is 21.1 Å². The maximum Gasteiger partial charge on any atom is 0.349 e. The summed E-state index contributed by atoms with van der Waals surface area (Å²) in [4.78, 5) is 34.8. The molecule has 0 aliphatic heterocycles. The molecule has 11 heteroatoms. The average Bonchev–Trinajstić information content (AvgIpc) is 3.02. The van der Waals surface area contributed by atoms with Crippen LogP contribution in [0.4, 0.5) is 11.4 Å². The van der Waals surface area contributed by atoms with E-state index in [-0.39, 0.29) is 16.3 Å². The van der Waals surface area contributed by atoms with Gasteiger partial charge in [-0.1, -0.05) is 11.6 Å². The summed E-state index contributed by atoms with van der Waals surface area (Å²) in [6, 6.07) is 7.31. The van der Waals surface area contributed by atoms with Gasteiger partial charge in [-0.15, -0.1) is 0 Å². The summed E-state index contributed by atoms with van der Waals surface area (Å²) >= 11 is 5.73. The van der Waals surface area contributed by atoms with Gasteiger partial charge in [-0.05, 0) is 43.7 Å². The Morgan fingerprint density at radius 2 is 2.06 bits per heavy atom. The minimum Gasteiger partial charge on any atom is -0.451 e. The molecule has 0 aliphatic carbocycles. The van der Waals surface area contributed by atoms with E-state index in [1.165, 1.54) is 18.2 Å². The van der Waals surface area contributed by atoms with Crippen molar-refractivity contribution in [1.82, 2.24) is 4.57 Å². The predicted octanol–water partition coefficient (Wildman–Crippen LogP) is 3.40. The smallest absolute Gasteiger partial charge is 0.349 e. The van der Waals surface area contributed by atoms with Crippen LogP contribution in [0.2, 0.25) is 5.02 Å². The third kappa shape index (κ3) is 6.16. The quantitative estimate of drug-likeness (QED) is 0.199. The van der Waals surface area contributed by atoms with Crippen molar-refractivity contribution in [2.45, 2.75) is 20.4 Å². The van der Waals surface area contributed by atoms with E-state index in [9.17, 15) is 25.0 Å². The molecule has 0 unspecified atom stereocenters. The van der Waals surface area contributed by atoms with Crippen LogP contribution in [0.5, 0.6) is 0 Å². The number of methoxy groups -OCH3 is 1. The molecule has 1 N–H and O–H groups in total. The van der Waals surface area contributed by atoms with Crippen LogP contribution in [0.25, 0.3) is 6.08 Å². The van der Waals surface area contributed by atoms with Crippen LogP contribution in [-0.4, -0.2) is 41.7 Å². The number of aromatic nitrogens is 1. The van der Waals surface area contributed by atoms with E-state index in [1.54, 1.807) is 13.2 Å². The number of amides is 1. The van der Waals surface area contributed by atoms with E-state index < -0.39 is 29.1 Å². The van der Waals surface area contributed by atoms with Crippen LogP contribution in [0.3, 0.4) is 0 Å². The summed E-state index contributed by atoms with van der Waals surface area (Å²) in [6.07, 6.45) is 1.38. The van der Waals surface area contributed by atoms with Crippen molar-refractivity contribution in [3.8, 4) is 6.07 Å². The molecule has 0 aliphatic rings. The summed E-state index contributed by atoms with van der Waals surface area (Å²) in [5, 5.41) is 22.9. The maximum absolute atomic E-state index is 12.3. The molecule has 1 aromatic carbocycles. The van der Waals surface area contributed by atoms with Gasteiger partial charge in [0.1, 0.15) is 17.3 Å². The fourth-order valence-electron chi connectivity index (χ4n) is 2.95. The molecule has 0 spiro atoms. The van der Waals surface area contributed by atoms with Crippen molar-refractivity contribution in [3.63, 3.8) is 0 Å². The van der Waals surface area contributed by atoms with Crippen LogP contribution in [0, 0.1) is 35.3 Å². The lowest BCUT2D eigenvalue weighted by Crippen LogP contribution is -2.21. The van der Waals surface area contributed by atoms with E-state index >= 15 is 0 Å². The number of halogens is 1. The van der Waals surface area contributed by atoms with Gasteiger partial charge in [0, 0.05) is 36.1 Å². The van der Waals surface area contributed by atoms with Gasteiger partial charge in [0.2, 0.25) is 0 Å². The first-order valence-corrected chi connectivity index (χ1v) is 9.74. The van der Waals surface area contributed by atoms with E-state index in [2.05, 4.69) is 5.32 Å². The number of carbonyl (C=O) groups excluding carboxylic acids is 2. The molecule has 0 fully saturated rings. The van der Waals surface area contributed by atoms with Crippen LogP contribution in [-0.2, 0) is 25.6 Å². The molecule has 0 saturated heterocycles. The highest BCUT2D eigenvalue weighted by atomic mass is 35.5. The average molecular weight is 461 g/mol. The summed E-state index contributed by atoms with van der Waals surface area (Å²) < 4.78 is 12.0. The van der Waals surface area contributed by atoms with Crippen LogP contribution in [0.1, 0.15) is 17.0 Å². The fourth-order valence-corrected chi connectivity index (χ4v) is 3.12. The van der Waals surface area contributed by atoms with Crippen molar-refractivity contribution < 1.29 is 24.0 Å². The van der Waals surface area contributed by atoms with Crippen molar-refractivity contribution in [2.24, 2.45) is 0 Å². The first-order chi connectivity index (χ1) is 15.2. The topological polar surface area (TPSA) is 136 Å². The van der Waals surface area contributed by atoms with Crippen molar-refractivity contribution in [2.75, 3.05) is 25.6 Å². The standard InChI is InChI=1S/C21H21ClN4O6/c1-13-8-15(14(2)25(13)6-7-31-3)9-16(11-23)21(28)32-12-20(27)24-18-5-4-17(22)10-19(18)26(29)30/h4-5,8-10H,6-7,12H2,1-3H3,(H,24,27)/b16-9+. The normalized spacial score (nSPS) is 11.0. The zero-order valence-electron chi connectivity index (χ0n) is 17.7. The fraction of sp³-hybridized carbons (Fsp3) is 0.286. The van der Waals surface area contributed by atoms with Gasteiger partial charge >= 0.3 is 5.97 Å². The Kier molecular flexibility index (Phi) is 8.52. The first kappa shape index (κ1) is 24.6. The van der Waals surface area contributed by atoms with E-state index in [0.717, 1.165) is 17.5 Å². The first-order valence-electron chi connectivity index (χ1n) is 9.36. The Balaban J connectivity index is 2.08. The Hall–Kier alpha value is -3.68. The SMILES string of the molecule is COCCn1c(C)cc(/C=C(\C#N)C(=O)OCC(=O)Nc2ccc(Cl)cc2[N+](=O)[O-])c1C. The molecule has 0 atom stereocenters. The molecule has 0 bridgehead atoms. The molecule has 168 valence electrons. The second-order valence-corrected chi connectivity index (χ2v) is 7.12. The third-order valence-electron chi connectivity index (χ3n) is 4.54. The second-order valence-electron chi connectivity index (χ2n) is 6.68. The molecule has 0 radical (unpaired) electrons. The molecular formula is C21H21ClN4O6. The Morgan fingerprint density at radius 3 is 2.69 bits per heavy atom. The zero-order valence-corrected chi connectivity index (χ0v) is 18.4. The van der Waals surface area contributed by atoms with Gasteiger partial charge in [0.25, 0.3) is 11.6 Å². The number of nitro groups is 1. The zero-order chi connectivity index (χ0) is 23.8. The second kappa shape index (κ2) is 11.1. The number of nitrogens with one attached hydrogen (secondary N) is 1. The molecule has 32 heavy (non-hydrogen) atoms. The predicted molar refractivity (Wildman–Crippen MR) is 117 cm³/mol. The highest BCUT2D eigenvalue weighted by Gasteiger charge is 2.19. The largest absolute Gasteiger partial charge is 0.451 e. The number of hydrogen-bond acceptors (Lipinski definition) is 7. The molecule has 2 rings (SSSR count). The number of nitro benzene ring substituents is 1. The number of benzene rings is 1. The summed E-state index contributed by atoms with van der Waals surface area (Å²) in [7, 11) is 1.60. The van der Waals surface area contributed by atoms with Gasteiger partial charge in [0.15, 0.2) is 6.61 Å².